The monoisotopic (exact) mass is 347 g/mol. The second-order valence-electron chi connectivity index (χ2n) is 7.44. The Bertz CT molecular complexity index is 602. The summed E-state index contributed by atoms with van der Waals surface area (Å²) in [6.07, 6.45) is 5.50. The summed E-state index contributed by atoms with van der Waals surface area (Å²) in [7, 11) is 0. The number of ether oxygens (including phenoxy) is 1. The Morgan fingerprint density at radius 2 is 2.16 bits per heavy atom. The number of fused-ring (bicyclic) bond motifs is 1. The highest BCUT2D eigenvalue weighted by atomic mass is 16.5. The first kappa shape index (κ1) is 16.9. The van der Waals surface area contributed by atoms with Crippen LogP contribution in [0.25, 0.3) is 0 Å². The van der Waals surface area contributed by atoms with Crippen LogP contribution in [0.4, 0.5) is 4.79 Å². The molecule has 0 aromatic carbocycles. The average Bonchev–Trinajstić information content (AvgIpc) is 3.38. The molecule has 4 rings (SSSR count). The third kappa shape index (κ3) is 3.55. The van der Waals surface area contributed by atoms with Crippen molar-refractivity contribution in [2.75, 3.05) is 32.8 Å². The van der Waals surface area contributed by atoms with E-state index in [1.165, 1.54) is 19.4 Å². The van der Waals surface area contributed by atoms with E-state index < -0.39 is 0 Å². The number of nitrogens with one attached hydrogen (secondary N) is 1. The van der Waals surface area contributed by atoms with Crippen LogP contribution in [-0.4, -0.2) is 60.8 Å². The van der Waals surface area contributed by atoms with Crippen LogP contribution in [0, 0.1) is 0 Å². The molecule has 1 aromatic rings. The molecule has 3 aliphatic rings. The van der Waals surface area contributed by atoms with Crippen molar-refractivity contribution in [1.29, 1.82) is 0 Å². The number of morpholine rings is 1. The molecule has 0 spiro atoms. The lowest BCUT2D eigenvalue weighted by Crippen LogP contribution is -2.51. The van der Waals surface area contributed by atoms with Gasteiger partial charge in [-0.1, -0.05) is 6.92 Å². The number of urea groups is 1. The predicted octanol–water partition coefficient (Wildman–Crippen LogP) is 2.55. The molecule has 25 heavy (non-hydrogen) atoms. The predicted molar refractivity (Wildman–Crippen MR) is 94.5 cm³/mol. The van der Waals surface area contributed by atoms with Gasteiger partial charge in [-0.2, -0.15) is 0 Å². The van der Waals surface area contributed by atoms with Gasteiger partial charge in [0.2, 0.25) is 0 Å². The number of hydrogen-bond acceptors (Lipinski definition) is 4. The fraction of sp³-hybridized carbons (Fsp3) is 0.737. The Morgan fingerprint density at radius 1 is 1.28 bits per heavy atom. The molecule has 3 saturated heterocycles. The van der Waals surface area contributed by atoms with Gasteiger partial charge in [0.1, 0.15) is 11.5 Å². The van der Waals surface area contributed by atoms with Gasteiger partial charge in [-0.25, -0.2) is 4.79 Å². The molecule has 138 valence electrons. The molecule has 0 bridgehead atoms. The molecule has 2 amide bonds. The topological polar surface area (TPSA) is 58.0 Å². The van der Waals surface area contributed by atoms with Gasteiger partial charge in [0.25, 0.3) is 0 Å². The average molecular weight is 347 g/mol. The zero-order valence-corrected chi connectivity index (χ0v) is 15.1. The maximum atomic E-state index is 12.7. The summed E-state index contributed by atoms with van der Waals surface area (Å²) in [5, 5.41) is 3.09. The Hall–Kier alpha value is -1.53. The number of likely N-dealkylation sites (tertiary alicyclic amines) is 1. The van der Waals surface area contributed by atoms with E-state index in [9.17, 15) is 4.79 Å². The van der Waals surface area contributed by atoms with Gasteiger partial charge >= 0.3 is 6.03 Å². The van der Waals surface area contributed by atoms with Crippen molar-refractivity contribution in [1.82, 2.24) is 15.1 Å². The Kier molecular flexibility index (Phi) is 4.99. The molecular formula is C19H29N3O3. The van der Waals surface area contributed by atoms with E-state index >= 15 is 0 Å². The summed E-state index contributed by atoms with van der Waals surface area (Å²) in [6, 6.07) is 4.71. The summed E-state index contributed by atoms with van der Waals surface area (Å²) in [4.78, 5) is 17.1. The summed E-state index contributed by atoms with van der Waals surface area (Å²) in [5.41, 5.74) is 0. The molecule has 0 radical (unpaired) electrons. The van der Waals surface area contributed by atoms with Crippen molar-refractivity contribution in [2.24, 2.45) is 0 Å². The fourth-order valence-corrected chi connectivity index (χ4v) is 4.38. The standard InChI is InChI=1S/C19H29N3O3/c1-2-15-7-8-18(25-15)17-6-4-10-22(17)19(23)20-11-16-12-21-9-3-5-14(21)13-24-16/h7-8,14,16-17H,2-6,9-13H2,1H3,(H,20,23). The van der Waals surface area contributed by atoms with Gasteiger partial charge in [-0.05, 0) is 44.4 Å². The van der Waals surface area contributed by atoms with Crippen molar-refractivity contribution in [3.63, 3.8) is 0 Å². The lowest BCUT2D eigenvalue weighted by Gasteiger charge is -2.35. The van der Waals surface area contributed by atoms with Crippen LogP contribution in [0.3, 0.4) is 0 Å². The minimum absolute atomic E-state index is 0.00379. The molecular weight excluding hydrogens is 318 g/mol. The first-order valence-corrected chi connectivity index (χ1v) is 9.73. The largest absolute Gasteiger partial charge is 0.464 e. The quantitative estimate of drug-likeness (QED) is 0.909. The van der Waals surface area contributed by atoms with Crippen LogP contribution in [0.5, 0.6) is 0 Å². The zero-order valence-electron chi connectivity index (χ0n) is 15.1. The van der Waals surface area contributed by atoms with Gasteiger partial charge in [-0.3, -0.25) is 4.90 Å². The van der Waals surface area contributed by atoms with Gasteiger partial charge < -0.3 is 19.4 Å². The number of nitrogens with zero attached hydrogens (tertiary/aromatic N) is 2. The molecule has 0 aliphatic carbocycles. The van der Waals surface area contributed by atoms with Crippen LogP contribution in [-0.2, 0) is 11.2 Å². The number of carbonyl (C=O) groups excluding carboxylic acids is 1. The number of amides is 2. The molecule has 3 fully saturated rings. The Labute approximate surface area is 149 Å². The van der Waals surface area contributed by atoms with E-state index in [-0.39, 0.29) is 18.2 Å². The third-order valence-electron chi connectivity index (χ3n) is 5.82. The number of rotatable bonds is 4. The van der Waals surface area contributed by atoms with Gasteiger partial charge in [0.05, 0.1) is 18.8 Å². The van der Waals surface area contributed by atoms with Crippen LogP contribution in [0.15, 0.2) is 16.5 Å². The number of furan rings is 1. The number of hydrogen-bond donors (Lipinski definition) is 1. The lowest BCUT2D eigenvalue weighted by atomic mass is 10.1. The van der Waals surface area contributed by atoms with Gasteiger partial charge in [-0.15, -0.1) is 0 Å². The van der Waals surface area contributed by atoms with E-state index in [1.54, 1.807) is 0 Å². The van der Waals surface area contributed by atoms with Gasteiger partial charge in [0.15, 0.2) is 0 Å². The van der Waals surface area contributed by atoms with Gasteiger partial charge in [0, 0.05) is 32.1 Å². The number of aryl methyl sites for hydroxylation is 1. The minimum atomic E-state index is 0.00379. The first-order chi connectivity index (χ1) is 12.2. The highest BCUT2D eigenvalue weighted by molar-refractivity contribution is 5.75. The maximum Gasteiger partial charge on any atom is 0.318 e. The van der Waals surface area contributed by atoms with Crippen LogP contribution in [0.1, 0.15) is 50.2 Å². The molecule has 6 nitrogen and oxygen atoms in total. The highest BCUT2D eigenvalue weighted by Gasteiger charge is 2.34. The molecule has 3 atom stereocenters. The summed E-state index contributed by atoms with van der Waals surface area (Å²) in [5.74, 6) is 1.90. The second-order valence-corrected chi connectivity index (χ2v) is 7.44. The SMILES string of the molecule is CCc1ccc(C2CCCN2C(=O)NCC2CN3CCCC3CO2)o1. The molecule has 4 heterocycles. The third-order valence-corrected chi connectivity index (χ3v) is 5.82. The van der Waals surface area contributed by atoms with Crippen molar-refractivity contribution in [3.05, 3.63) is 23.7 Å². The van der Waals surface area contributed by atoms with E-state index in [4.69, 9.17) is 9.15 Å². The molecule has 1 aromatic heterocycles. The fourth-order valence-electron chi connectivity index (χ4n) is 4.38. The van der Waals surface area contributed by atoms with Crippen molar-refractivity contribution in [2.45, 2.75) is 57.2 Å². The van der Waals surface area contributed by atoms with Crippen molar-refractivity contribution < 1.29 is 13.9 Å². The molecule has 3 aliphatic heterocycles. The lowest BCUT2D eigenvalue weighted by molar-refractivity contribution is -0.0461. The molecule has 6 heteroatoms. The highest BCUT2D eigenvalue weighted by Crippen LogP contribution is 2.33. The van der Waals surface area contributed by atoms with E-state index in [1.807, 2.05) is 17.0 Å². The number of carbonyl (C=O) groups is 1. The van der Waals surface area contributed by atoms with Crippen LogP contribution >= 0.6 is 0 Å². The maximum absolute atomic E-state index is 12.7. The molecule has 0 saturated carbocycles. The summed E-state index contributed by atoms with van der Waals surface area (Å²) in [6.45, 7) is 6.37. The molecule has 1 N–H and O–H groups in total. The van der Waals surface area contributed by atoms with E-state index in [2.05, 4.69) is 17.1 Å². The second kappa shape index (κ2) is 7.38. The van der Waals surface area contributed by atoms with Crippen molar-refractivity contribution >= 4 is 6.03 Å². The summed E-state index contributed by atoms with van der Waals surface area (Å²) >= 11 is 0. The summed E-state index contributed by atoms with van der Waals surface area (Å²) < 4.78 is 11.8. The Morgan fingerprint density at radius 3 is 3.00 bits per heavy atom. The van der Waals surface area contributed by atoms with E-state index in [0.717, 1.165) is 50.5 Å². The minimum Gasteiger partial charge on any atom is -0.464 e. The van der Waals surface area contributed by atoms with E-state index in [0.29, 0.717) is 12.6 Å². The normalized spacial score (nSPS) is 29.8. The van der Waals surface area contributed by atoms with Crippen LogP contribution in [0.2, 0.25) is 0 Å². The first-order valence-electron chi connectivity index (χ1n) is 9.73. The van der Waals surface area contributed by atoms with Crippen LogP contribution < -0.4 is 5.32 Å². The smallest absolute Gasteiger partial charge is 0.318 e. The molecule has 3 unspecified atom stereocenters. The van der Waals surface area contributed by atoms with Crippen molar-refractivity contribution in [3.8, 4) is 0 Å². The zero-order chi connectivity index (χ0) is 17.2. The Balaban J connectivity index is 1.31.